The molecule has 0 amide bonds. The maximum Gasteiger partial charge on any atom is 0.0558 e. The Kier molecular flexibility index (Phi) is 6.78. The van der Waals surface area contributed by atoms with Crippen molar-refractivity contribution >= 4 is 0 Å². The van der Waals surface area contributed by atoms with Crippen LogP contribution in [0.2, 0.25) is 0 Å². The molecule has 2 atom stereocenters. The highest BCUT2D eigenvalue weighted by Crippen LogP contribution is 2.31. The number of fused-ring (bicyclic) bond motifs is 2. The van der Waals surface area contributed by atoms with E-state index in [2.05, 4.69) is 30.6 Å². The second-order valence-electron chi connectivity index (χ2n) is 6.92. The quantitative estimate of drug-likeness (QED) is 0.850. The zero-order chi connectivity index (χ0) is 14.5. The van der Waals surface area contributed by atoms with Gasteiger partial charge in [-0.15, -0.1) is 0 Å². The number of aliphatic hydroxyl groups excluding tert-OH is 1. The molecule has 114 valence electrons. The van der Waals surface area contributed by atoms with Crippen molar-refractivity contribution in [2.24, 2.45) is 5.41 Å². The molecule has 2 bridgehead atoms. The van der Waals surface area contributed by atoms with E-state index in [0.717, 1.165) is 18.6 Å². The fraction of sp³-hybridized carbons (Fsp3) is 1.00. The molecule has 3 nitrogen and oxygen atoms in total. The van der Waals surface area contributed by atoms with E-state index in [1.807, 2.05) is 13.8 Å². The number of β-amino-alcohol motifs (C(OH)–C–C–N with tert-alkyl or cyclic N) is 1. The van der Waals surface area contributed by atoms with Gasteiger partial charge in [0.2, 0.25) is 0 Å². The highest BCUT2D eigenvalue weighted by atomic mass is 16.3. The summed E-state index contributed by atoms with van der Waals surface area (Å²) >= 11 is 0. The van der Waals surface area contributed by atoms with Crippen molar-refractivity contribution in [1.29, 1.82) is 0 Å². The second kappa shape index (κ2) is 7.61. The third-order valence-electron chi connectivity index (χ3n) is 4.25. The number of piperazine rings is 1. The van der Waals surface area contributed by atoms with Crippen molar-refractivity contribution in [3.8, 4) is 0 Å². The summed E-state index contributed by atoms with van der Waals surface area (Å²) in [6.45, 7) is 15.8. The molecule has 3 heteroatoms. The standard InChI is InChI=1S/C14H28N2O.C2H6/c1-14(2,3)6-7-16-12-4-5-13(16)11-15(10-12)8-9-17;1-2/h12-13,17H,4-11H2,1-3H3;1-2H3. The number of hydrogen-bond acceptors (Lipinski definition) is 3. The van der Waals surface area contributed by atoms with Gasteiger partial charge in [0.15, 0.2) is 0 Å². The SMILES string of the molecule is CC.CC(C)(C)CCN1C2CCC1CN(CCO)C2. The third-order valence-corrected chi connectivity index (χ3v) is 4.25. The Morgan fingerprint density at radius 2 is 1.53 bits per heavy atom. The number of nitrogens with zero attached hydrogens (tertiary/aromatic N) is 2. The number of hydrogen-bond donors (Lipinski definition) is 1. The van der Waals surface area contributed by atoms with Gasteiger partial charge in [0, 0.05) is 31.7 Å². The zero-order valence-corrected chi connectivity index (χ0v) is 13.7. The van der Waals surface area contributed by atoms with Gasteiger partial charge in [0.05, 0.1) is 6.61 Å². The van der Waals surface area contributed by atoms with Crippen LogP contribution in [0.3, 0.4) is 0 Å². The molecule has 0 spiro atoms. The van der Waals surface area contributed by atoms with Crippen molar-refractivity contribution in [2.45, 2.75) is 66.0 Å². The van der Waals surface area contributed by atoms with Gasteiger partial charge in [-0.3, -0.25) is 9.80 Å². The molecule has 0 radical (unpaired) electrons. The topological polar surface area (TPSA) is 26.7 Å². The Labute approximate surface area is 120 Å². The summed E-state index contributed by atoms with van der Waals surface area (Å²) in [6.07, 6.45) is 4.01. The molecular formula is C16H34N2O. The van der Waals surface area contributed by atoms with Crippen LogP contribution in [0.4, 0.5) is 0 Å². The zero-order valence-electron chi connectivity index (χ0n) is 13.7. The van der Waals surface area contributed by atoms with Gasteiger partial charge in [-0.25, -0.2) is 0 Å². The molecule has 2 heterocycles. The highest BCUT2D eigenvalue weighted by Gasteiger charge is 2.39. The Balaban J connectivity index is 0.000000861. The first kappa shape index (κ1) is 16.9. The van der Waals surface area contributed by atoms with Gasteiger partial charge in [0.1, 0.15) is 0 Å². The molecule has 0 aromatic rings. The summed E-state index contributed by atoms with van der Waals surface area (Å²) in [5.74, 6) is 0. The van der Waals surface area contributed by atoms with Gasteiger partial charge < -0.3 is 5.11 Å². The minimum Gasteiger partial charge on any atom is -0.395 e. The predicted molar refractivity (Wildman–Crippen MR) is 82.5 cm³/mol. The summed E-state index contributed by atoms with van der Waals surface area (Å²) in [5, 5.41) is 9.03. The predicted octanol–water partition coefficient (Wildman–Crippen LogP) is 2.59. The lowest BCUT2D eigenvalue weighted by Gasteiger charge is -2.41. The highest BCUT2D eigenvalue weighted by molar-refractivity contribution is 4.95. The van der Waals surface area contributed by atoms with Crippen LogP contribution in [0.15, 0.2) is 0 Å². The molecule has 2 fully saturated rings. The Hall–Kier alpha value is -0.120. The molecule has 19 heavy (non-hydrogen) atoms. The first-order valence-corrected chi connectivity index (χ1v) is 8.08. The van der Waals surface area contributed by atoms with Gasteiger partial charge >= 0.3 is 0 Å². The average molecular weight is 270 g/mol. The lowest BCUT2D eigenvalue weighted by molar-refractivity contribution is 0.0496. The molecule has 2 saturated heterocycles. The normalized spacial score (nSPS) is 28.1. The summed E-state index contributed by atoms with van der Waals surface area (Å²) in [4.78, 5) is 5.18. The van der Waals surface area contributed by atoms with Gasteiger partial charge in [-0.05, 0) is 31.2 Å². The van der Waals surface area contributed by atoms with Gasteiger partial charge in [0.25, 0.3) is 0 Å². The molecule has 0 aliphatic carbocycles. The maximum absolute atomic E-state index is 9.03. The van der Waals surface area contributed by atoms with Crippen LogP contribution in [0, 0.1) is 5.41 Å². The van der Waals surface area contributed by atoms with Crippen molar-refractivity contribution in [3.05, 3.63) is 0 Å². The van der Waals surface area contributed by atoms with E-state index in [4.69, 9.17) is 5.11 Å². The molecule has 0 aromatic carbocycles. The first-order chi connectivity index (χ1) is 8.99. The lowest BCUT2D eigenvalue weighted by Crippen LogP contribution is -2.54. The van der Waals surface area contributed by atoms with E-state index in [1.165, 1.54) is 38.9 Å². The summed E-state index contributed by atoms with van der Waals surface area (Å²) in [5.41, 5.74) is 0.446. The molecular weight excluding hydrogens is 236 g/mol. The smallest absolute Gasteiger partial charge is 0.0558 e. The van der Waals surface area contributed by atoms with Crippen molar-refractivity contribution < 1.29 is 5.11 Å². The van der Waals surface area contributed by atoms with Crippen LogP contribution in [0.1, 0.15) is 53.9 Å². The third kappa shape index (κ3) is 5.05. The minimum atomic E-state index is 0.307. The van der Waals surface area contributed by atoms with E-state index < -0.39 is 0 Å². The Morgan fingerprint density at radius 1 is 1.00 bits per heavy atom. The van der Waals surface area contributed by atoms with E-state index >= 15 is 0 Å². The van der Waals surface area contributed by atoms with Crippen LogP contribution >= 0.6 is 0 Å². The molecule has 2 aliphatic heterocycles. The lowest BCUT2D eigenvalue weighted by atomic mass is 9.91. The van der Waals surface area contributed by atoms with Crippen molar-refractivity contribution in [2.75, 3.05) is 32.8 Å². The number of likely N-dealkylation sites (tertiary alicyclic amines) is 1. The van der Waals surface area contributed by atoms with Crippen molar-refractivity contribution in [3.63, 3.8) is 0 Å². The van der Waals surface area contributed by atoms with Gasteiger partial charge in [-0.2, -0.15) is 0 Å². The fourth-order valence-corrected chi connectivity index (χ4v) is 3.23. The van der Waals surface area contributed by atoms with Crippen molar-refractivity contribution in [1.82, 2.24) is 9.80 Å². The molecule has 2 unspecified atom stereocenters. The fourth-order valence-electron chi connectivity index (χ4n) is 3.23. The number of rotatable bonds is 4. The minimum absolute atomic E-state index is 0.307. The maximum atomic E-state index is 9.03. The van der Waals surface area contributed by atoms with E-state index in [1.54, 1.807) is 0 Å². The Morgan fingerprint density at radius 3 is 1.95 bits per heavy atom. The van der Waals surface area contributed by atoms with Gasteiger partial charge in [-0.1, -0.05) is 34.6 Å². The van der Waals surface area contributed by atoms with Crippen LogP contribution in [-0.4, -0.2) is 59.8 Å². The summed E-state index contributed by atoms with van der Waals surface area (Å²) in [6, 6.07) is 1.50. The van der Waals surface area contributed by atoms with Crippen LogP contribution in [0.25, 0.3) is 0 Å². The van der Waals surface area contributed by atoms with E-state index in [0.29, 0.717) is 12.0 Å². The molecule has 2 aliphatic rings. The van der Waals surface area contributed by atoms with Crippen LogP contribution in [-0.2, 0) is 0 Å². The molecule has 1 N–H and O–H groups in total. The largest absolute Gasteiger partial charge is 0.395 e. The van der Waals surface area contributed by atoms with E-state index in [9.17, 15) is 0 Å². The van der Waals surface area contributed by atoms with Crippen LogP contribution < -0.4 is 0 Å². The molecule has 0 aromatic heterocycles. The second-order valence-corrected chi connectivity index (χ2v) is 6.92. The van der Waals surface area contributed by atoms with E-state index in [-0.39, 0.29) is 0 Å². The average Bonchev–Trinajstić information content (AvgIpc) is 2.59. The monoisotopic (exact) mass is 270 g/mol. The summed E-state index contributed by atoms with van der Waals surface area (Å²) in [7, 11) is 0. The Bertz CT molecular complexity index is 236. The molecule has 0 saturated carbocycles. The number of aliphatic hydroxyl groups is 1. The van der Waals surface area contributed by atoms with Crippen LogP contribution in [0.5, 0.6) is 0 Å². The summed E-state index contributed by atoms with van der Waals surface area (Å²) < 4.78 is 0. The first-order valence-electron chi connectivity index (χ1n) is 8.08. The molecule has 2 rings (SSSR count).